The third-order valence-electron chi connectivity index (χ3n) is 4.53. The van der Waals surface area contributed by atoms with Crippen LogP contribution in [0.2, 0.25) is 0 Å². The molecule has 0 saturated heterocycles. The van der Waals surface area contributed by atoms with Crippen LogP contribution < -0.4 is 0 Å². The monoisotopic (exact) mass is 399 g/mol. The molecule has 0 aromatic heterocycles. The molecule has 150 valence electrons. The Morgan fingerprint density at radius 3 is 2.00 bits per heavy atom. The molecule has 0 fully saturated rings. The van der Waals surface area contributed by atoms with Crippen molar-refractivity contribution >= 4 is 11.9 Å². The van der Waals surface area contributed by atoms with Gasteiger partial charge in [0.05, 0.1) is 31.3 Å². The Labute approximate surface area is 166 Å². The molecule has 29 heavy (non-hydrogen) atoms. The Hall–Kier alpha value is -3.48. The van der Waals surface area contributed by atoms with Gasteiger partial charge < -0.3 is 14.4 Å². The van der Waals surface area contributed by atoms with Gasteiger partial charge in [0.25, 0.3) is 0 Å². The number of benzene rings is 2. The quantitative estimate of drug-likeness (QED) is 0.718. The van der Waals surface area contributed by atoms with Crippen LogP contribution in [-0.4, -0.2) is 31.1 Å². The number of carbonyl (C=O) groups excluding carboxylic acids is 2. The van der Waals surface area contributed by atoms with Crippen LogP contribution >= 0.6 is 0 Å². The zero-order valence-electron chi connectivity index (χ0n) is 15.9. The van der Waals surface area contributed by atoms with Crippen LogP contribution in [0.4, 0.5) is 8.78 Å². The van der Waals surface area contributed by atoms with Crippen molar-refractivity contribution in [3.8, 4) is 0 Å². The lowest BCUT2D eigenvalue weighted by Gasteiger charge is -2.30. The summed E-state index contributed by atoms with van der Waals surface area (Å²) in [6.07, 6.45) is 3.08. The van der Waals surface area contributed by atoms with Gasteiger partial charge in [-0.1, -0.05) is 24.3 Å². The molecular weight excluding hydrogens is 380 g/mol. The van der Waals surface area contributed by atoms with Crippen LogP contribution in [0.5, 0.6) is 0 Å². The first-order valence-electron chi connectivity index (χ1n) is 8.78. The third kappa shape index (κ3) is 4.51. The number of carbonyl (C=O) groups is 2. The highest BCUT2D eigenvalue weighted by Gasteiger charge is 2.35. The lowest BCUT2D eigenvalue weighted by atomic mass is 9.83. The van der Waals surface area contributed by atoms with E-state index < -0.39 is 23.7 Å². The maximum Gasteiger partial charge on any atom is 0.336 e. The van der Waals surface area contributed by atoms with Crippen LogP contribution in [0, 0.1) is 11.6 Å². The molecule has 2 aromatic rings. The number of esters is 2. The molecule has 5 nitrogen and oxygen atoms in total. The maximum absolute atomic E-state index is 13.8. The van der Waals surface area contributed by atoms with E-state index in [-0.39, 0.29) is 23.5 Å². The van der Waals surface area contributed by atoms with E-state index in [1.165, 1.54) is 57.0 Å². The van der Waals surface area contributed by atoms with Gasteiger partial charge in [0.2, 0.25) is 0 Å². The lowest BCUT2D eigenvalue weighted by Crippen LogP contribution is -2.28. The fourth-order valence-electron chi connectivity index (χ4n) is 3.23. The highest BCUT2D eigenvalue weighted by molar-refractivity contribution is 5.98. The van der Waals surface area contributed by atoms with Crippen LogP contribution in [-0.2, 0) is 25.6 Å². The van der Waals surface area contributed by atoms with Gasteiger partial charge in [-0.05, 0) is 35.4 Å². The van der Waals surface area contributed by atoms with Crippen molar-refractivity contribution in [2.45, 2.75) is 12.5 Å². The van der Waals surface area contributed by atoms with E-state index in [0.29, 0.717) is 5.56 Å². The second kappa shape index (κ2) is 8.68. The van der Waals surface area contributed by atoms with E-state index in [0.717, 1.165) is 5.56 Å². The van der Waals surface area contributed by atoms with Gasteiger partial charge in [0.1, 0.15) is 11.6 Å². The number of halogens is 2. The summed E-state index contributed by atoms with van der Waals surface area (Å²) in [5.41, 5.74) is 1.49. The second-order valence-corrected chi connectivity index (χ2v) is 6.44. The topological polar surface area (TPSA) is 55.8 Å². The zero-order chi connectivity index (χ0) is 21.0. The SMILES string of the molecule is COC(=O)C1=CN(Cc2ccc(F)cc2)C=C(C(=O)OC)C1c1cccc(F)c1. The zero-order valence-corrected chi connectivity index (χ0v) is 15.9. The van der Waals surface area contributed by atoms with Crippen molar-refractivity contribution in [1.82, 2.24) is 4.90 Å². The van der Waals surface area contributed by atoms with Crippen molar-refractivity contribution in [3.05, 3.63) is 94.8 Å². The molecule has 1 aliphatic rings. The summed E-state index contributed by atoms with van der Waals surface area (Å²) in [5, 5.41) is 0. The van der Waals surface area contributed by atoms with Gasteiger partial charge in [-0.25, -0.2) is 18.4 Å². The molecule has 0 radical (unpaired) electrons. The van der Waals surface area contributed by atoms with Crippen molar-refractivity contribution < 1.29 is 27.8 Å². The Morgan fingerprint density at radius 1 is 0.897 bits per heavy atom. The molecule has 0 atom stereocenters. The highest BCUT2D eigenvalue weighted by atomic mass is 19.1. The average Bonchev–Trinajstić information content (AvgIpc) is 2.73. The van der Waals surface area contributed by atoms with Crippen LogP contribution in [0.25, 0.3) is 0 Å². The first kappa shape index (κ1) is 20.3. The number of hydrogen-bond donors (Lipinski definition) is 0. The summed E-state index contributed by atoms with van der Waals surface area (Å²) in [6, 6.07) is 11.5. The fraction of sp³-hybridized carbons (Fsp3) is 0.182. The molecule has 3 rings (SSSR count). The Morgan fingerprint density at radius 2 is 1.48 bits per heavy atom. The van der Waals surface area contributed by atoms with Gasteiger partial charge in [0, 0.05) is 18.9 Å². The normalized spacial score (nSPS) is 14.1. The first-order chi connectivity index (χ1) is 13.9. The van der Waals surface area contributed by atoms with Crippen molar-refractivity contribution in [2.24, 2.45) is 0 Å². The summed E-state index contributed by atoms with van der Waals surface area (Å²) in [6.45, 7) is 0.275. The summed E-state index contributed by atoms with van der Waals surface area (Å²) >= 11 is 0. The standard InChI is InChI=1S/C22H19F2NO4/c1-28-21(26)18-12-25(11-14-6-8-16(23)9-7-14)13-19(22(27)29-2)20(18)15-4-3-5-17(24)10-15/h3-10,12-13,20H,11H2,1-2H3. The number of nitrogens with zero attached hydrogens (tertiary/aromatic N) is 1. The second-order valence-electron chi connectivity index (χ2n) is 6.44. The summed E-state index contributed by atoms with van der Waals surface area (Å²) in [4.78, 5) is 26.6. The predicted molar refractivity (Wildman–Crippen MR) is 101 cm³/mol. The smallest absolute Gasteiger partial charge is 0.336 e. The average molecular weight is 399 g/mol. The van der Waals surface area contributed by atoms with E-state index in [1.807, 2.05) is 0 Å². The van der Waals surface area contributed by atoms with E-state index in [2.05, 4.69) is 0 Å². The van der Waals surface area contributed by atoms with Gasteiger partial charge in [0.15, 0.2) is 0 Å². The van der Waals surface area contributed by atoms with Crippen molar-refractivity contribution in [2.75, 3.05) is 14.2 Å². The van der Waals surface area contributed by atoms with Crippen LogP contribution in [0.15, 0.2) is 72.1 Å². The first-order valence-corrected chi connectivity index (χ1v) is 8.78. The van der Waals surface area contributed by atoms with Crippen LogP contribution in [0.1, 0.15) is 17.0 Å². The number of methoxy groups -OCH3 is 2. The Bertz CT molecular complexity index is 949. The van der Waals surface area contributed by atoms with Crippen molar-refractivity contribution in [3.63, 3.8) is 0 Å². The van der Waals surface area contributed by atoms with E-state index in [1.54, 1.807) is 23.1 Å². The molecule has 0 N–H and O–H groups in total. The molecule has 2 aromatic carbocycles. The highest BCUT2D eigenvalue weighted by Crippen LogP contribution is 2.37. The Balaban J connectivity index is 2.07. The molecule has 0 bridgehead atoms. The molecule has 7 heteroatoms. The molecule has 0 unspecified atom stereocenters. The minimum absolute atomic E-state index is 0.156. The van der Waals surface area contributed by atoms with Gasteiger partial charge in [-0.2, -0.15) is 0 Å². The summed E-state index contributed by atoms with van der Waals surface area (Å²) in [7, 11) is 2.46. The molecule has 0 spiro atoms. The van der Waals surface area contributed by atoms with Crippen molar-refractivity contribution in [1.29, 1.82) is 0 Å². The molecule has 1 heterocycles. The van der Waals surface area contributed by atoms with Gasteiger partial charge in [-0.3, -0.25) is 0 Å². The molecule has 1 aliphatic heterocycles. The number of hydrogen-bond acceptors (Lipinski definition) is 5. The fourth-order valence-corrected chi connectivity index (χ4v) is 3.23. The summed E-state index contributed by atoms with van der Waals surface area (Å²) in [5.74, 6) is -3.02. The Kier molecular flexibility index (Phi) is 6.07. The lowest BCUT2D eigenvalue weighted by molar-refractivity contribution is -0.137. The van der Waals surface area contributed by atoms with Gasteiger partial charge in [-0.15, -0.1) is 0 Å². The summed E-state index contributed by atoms with van der Waals surface area (Å²) < 4.78 is 36.8. The molecule has 0 amide bonds. The van der Waals surface area contributed by atoms with Crippen LogP contribution in [0.3, 0.4) is 0 Å². The third-order valence-corrected chi connectivity index (χ3v) is 4.53. The molecule has 0 saturated carbocycles. The minimum Gasteiger partial charge on any atom is -0.466 e. The molecule has 0 aliphatic carbocycles. The van der Waals surface area contributed by atoms with E-state index >= 15 is 0 Å². The van der Waals surface area contributed by atoms with E-state index in [4.69, 9.17) is 9.47 Å². The maximum atomic E-state index is 13.8. The van der Waals surface area contributed by atoms with Gasteiger partial charge >= 0.3 is 11.9 Å². The number of rotatable bonds is 5. The minimum atomic E-state index is -0.852. The van der Waals surface area contributed by atoms with E-state index in [9.17, 15) is 18.4 Å². The largest absolute Gasteiger partial charge is 0.466 e. The molecular formula is C22H19F2NO4. The number of ether oxygens (including phenoxy) is 2. The predicted octanol–water partition coefficient (Wildman–Crippen LogP) is 3.68.